The summed E-state index contributed by atoms with van der Waals surface area (Å²) in [5.74, 6) is -1.64. The number of nitrogens with zero attached hydrogens (tertiary/aromatic N) is 2. The van der Waals surface area contributed by atoms with Crippen LogP contribution in [0.4, 0.5) is 5.13 Å². The lowest BCUT2D eigenvalue weighted by Gasteiger charge is -2.21. The fraction of sp³-hybridized carbons (Fsp3) is 0.150. The van der Waals surface area contributed by atoms with Gasteiger partial charge in [-0.1, -0.05) is 17.7 Å². The second-order valence-electron chi connectivity index (χ2n) is 6.33. The normalized spacial score (nSPS) is 18.8. The molecule has 0 unspecified atom stereocenters. The first-order valence-electron chi connectivity index (χ1n) is 8.43. The Morgan fingerprint density at radius 2 is 1.89 bits per heavy atom. The van der Waals surface area contributed by atoms with Crippen LogP contribution >= 0.6 is 34.3 Å². The Morgan fingerprint density at radius 1 is 1.18 bits per heavy atom. The number of ketones is 1. The van der Waals surface area contributed by atoms with Gasteiger partial charge in [0.05, 0.1) is 11.3 Å². The smallest absolute Gasteiger partial charge is 0.301 e. The molecule has 1 aromatic carbocycles. The van der Waals surface area contributed by atoms with Crippen LogP contribution in [0.2, 0.25) is 5.02 Å². The van der Waals surface area contributed by atoms with Gasteiger partial charge in [0.15, 0.2) is 5.13 Å². The Hall–Kier alpha value is -2.48. The number of aliphatic hydroxyl groups excluding tert-OH is 1. The summed E-state index contributed by atoms with van der Waals surface area (Å²) in [6, 6.07) is 9.46. The topological polar surface area (TPSA) is 70.5 Å². The van der Waals surface area contributed by atoms with E-state index in [9.17, 15) is 14.7 Å². The van der Waals surface area contributed by atoms with Crippen LogP contribution in [0.5, 0.6) is 0 Å². The lowest BCUT2D eigenvalue weighted by molar-refractivity contribution is -0.132. The number of benzene rings is 1. The molecule has 1 aliphatic rings. The van der Waals surface area contributed by atoms with Crippen molar-refractivity contribution in [3.05, 3.63) is 73.4 Å². The quantitative estimate of drug-likeness (QED) is 0.356. The maximum atomic E-state index is 12.9. The molecule has 1 atom stereocenters. The number of carbonyl (C=O) groups is 2. The number of thiophene rings is 1. The van der Waals surface area contributed by atoms with Crippen molar-refractivity contribution in [2.75, 3.05) is 4.90 Å². The van der Waals surface area contributed by atoms with Gasteiger partial charge in [-0.05, 0) is 49.6 Å². The second-order valence-corrected chi connectivity index (χ2v) is 8.93. The van der Waals surface area contributed by atoms with Crippen LogP contribution in [0, 0.1) is 13.8 Å². The van der Waals surface area contributed by atoms with E-state index in [1.807, 2.05) is 31.4 Å². The molecule has 0 bridgehead atoms. The van der Waals surface area contributed by atoms with Crippen molar-refractivity contribution in [1.82, 2.24) is 4.98 Å². The average molecular weight is 431 g/mol. The Labute approximate surface area is 174 Å². The molecule has 0 aliphatic carbocycles. The molecule has 2 aromatic heterocycles. The molecule has 1 saturated heterocycles. The number of aliphatic hydroxyl groups is 1. The Balaban J connectivity index is 1.92. The maximum absolute atomic E-state index is 12.9. The number of anilines is 1. The zero-order chi connectivity index (χ0) is 20.0. The summed E-state index contributed by atoms with van der Waals surface area (Å²) < 4.78 is 0. The molecule has 142 valence electrons. The third kappa shape index (κ3) is 3.05. The van der Waals surface area contributed by atoms with Crippen LogP contribution in [0.3, 0.4) is 0 Å². The lowest BCUT2D eigenvalue weighted by atomic mass is 10.00. The summed E-state index contributed by atoms with van der Waals surface area (Å²) >= 11 is 8.70. The van der Waals surface area contributed by atoms with Gasteiger partial charge < -0.3 is 5.11 Å². The summed E-state index contributed by atoms with van der Waals surface area (Å²) in [4.78, 5) is 33.4. The molecular formula is C20H15ClN2O3S2. The number of hydrogen-bond donors (Lipinski definition) is 1. The molecule has 4 rings (SSSR count). The second kappa shape index (κ2) is 7.16. The number of aryl methyl sites for hydroxylation is 2. The molecular weight excluding hydrogens is 416 g/mol. The van der Waals surface area contributed by atoms with Gasteiger partial charge in [0.2, 0.25) is 0 Å². The summed E-state index contributed by atoms with van der Waals surface area (Å²) in [6.45, 7) is 3.78. The molecule has 0 radical (unpaired) electrons. The van der Waals surface area contributed by atoms with Gasteiger partial charge >= 0.3 is 5.91 Å². The van der Waals surface area contributed by atoms with Gasteiger partial charge in [0.1, 0.15) is 11.8 Å². The van der Waals surface area contributed by atoms with Crippen LogP contribution in [0.25, 0.3) is 5.76 Å². The molecule has 8 heteroatoms. The third-order valence-corrected chi connectivity index (χ3v) is 6.85. The number of thiazole rings is 1. The predicted molar refractivity (Wildman–Crippen MR) is 112 cm³/mol. The first kappa shape index (κ1) is 18.9. The van der Waals surface area contributed by atoms with Crippen molar-refractivity contribution < 1.29 is 14.7 Å². The Kier molecular flexibility index (Phi) is 4.82. The number of Topliss-reactive ketones (excluding diaryl/α,β-unsaturated/α-hetero) is 1. The highest BCUT2D eigenvalue weighted by molar-refractivity contribution is 7.16. The summed E-state index contributed by atoms with van der Waals surface area (Å²) in [6.07, 6.45) is 0. The third-order valence-electron chi connectivity index (χ3n) is 4.60. The Morgan fingerprint density at radius 3 is 2.46 bits per heavy atom. The number of amides is 1. The van der Waals surface area contributed by atoms with Gasteiger partial charge in [0, 0.05) is 20.3 Å². The van der Waals surface area contributed by atoms with Crippen molar-refractivity contribution >= 4 is 56.9 Å². The molecule has 1 N–H and O–H groups in total. The minimum Gasteiger partial charge on any atom is -0.507 e. The van der Waals surface area contributed by atoms with Crippen molar-refractivity contribution in [3.63, 3.8) is 0 Å². The number of rotatable bonds is 3. The largest absolute Gasteiger partial charge is 0.507 e. The molecule has 0 saturated carbocycles. The zero-order valence-electron chi connectivity index (χ0n) is 15.0. The van der Waals surface area contributed by atoms with E-state index < -0.39 is 17.7 Å². The van der Waals surface area contributed by atoms with E-state index in [-0.39, 0.29) is 11.3 Å². The number of halogens is 1. The first-order chi connectivity index (χ1) is 13.4. The number of aromatic nitrogens is 1. The number of carbonyl (C=O) groups excluding carboxylic acids is 2. The Bertz CT molecular complexity index is 1080. The number of hydrogen-bond acceptors (Lipinski definition) is 6. The van der Waals surface area contributed by atoms with E-state index in [1.54, 1.807) is 24.3 Å². The van der Waals surface area contributed by atoms with Gasteiger partial charge in [-0.15, -0.1) is 22.7 Å². The molecule has 3 aromatic rings. The fourth-order valence-electron chi connectivity index (χ4n) is 3.07. The summed E-state index contributed by atoms with van der Waals surface area (Å²) in [5, 5.41) is 13.8. The van der Waals surface area contributed by atoms with Gasteiger partial charge in [-0.25, -0.2) is 4.98 Å². The summed E-state index contributed by atoms with van der Waals surface area (Å²) in [7, 11) is 0. The van der Waals surface area contributed by atoms with E-state index in [2.05, 4.69) is 4.98 Å². The van der Waals surface area contributed by atoms with E-state index in [4.69, 9.17) is 11.6 Å². The summed E-state index contributed by atoms with van der Waals surface area (Å²) in [5.41, 5.74) is 1.29. The van der Waals surface area contributed by atoms with Crippen LogP contribution < -0.4 is 4.90 Å². The van der Waals surface area contributed by atoms with Gasteiger partial charge in [0.25, 0.3) is 5.78 Å². The molecule has 1 amide bonds. The highest BCUT2D eigenvalue weighted by Crippen LogP contribution is 2.44. The highest BCUT2D eigenvalue weighted by Gasteiger charge is 2.48. The fourth-order valence-corrected chi connectivity index (χ4v) is 4.95. The van der Waals surface area contributed by atoms with Crippen molar-refractivity contribution in [1.29, 1.82) is 0 Å². The minimum absolute atomic E-state index is 0.0558. The van der Waals surface area contributed by atoms with E-state index in [0.29, 0.717) is 15.7 Å². The molecule has 1 fully saturated rings. The van der Waals surface area contributed by atoms with E-state index in [1.165, 1.54) is 27.6 Å². The molecule has 3 heterocycles. The van der Waals surface area contributed by atoms with Crippen LogP contribution in [-0.4, -0.2) is 21.8 Å². The minimum atomic E-state index is -0.726. The molecule has 0 spiro atoms. The van der Waals surface area contributed by atoms with Gasteiger partial charge in [-0.3, -0.25) is 14.5 Å². The zero-order valence-corrected chi connectivity index (χ0v) is 17.4. The maximum Gasteiger partial charge on any atom is 0.301 e. The predicted octanol–water partition coefficient (Wildman–Crippen LogP) is 5.10. The average Bonchev–Trinajstić information content (AvgIpc) is 3.36. The monoisotopic (exact) mass is 430 g/mol. The van der Waals surface area contributed by atoms with Crippen molar-refractivity contribution in [3.8, 4) is 0 Å². The van der Waals surface area contributed by atoms with Crippen LogP contribution in [-0.2, 0) is 9.59 Å². The SMILES string of the molecule is Cc1nc(N2C(=O)C(=O)C(=C(O)c3ccc(Cl)cc3)[C@H]2c2cccs2)sc1C. The first-order valence-corrected chi connectivity index (χ1v) is 10.5. The van der Waals surface area contributed by atoms with Crippen molar-refractivity contribution in [2.24, 2.45) is 0 Å². The van der Waals surface area contributed by atoms with Gasteiger partial charge in [-0.2, -0.15) is 0 Å². The molecule has 1 aliphatic heterocycles. The molecule has 5 nitrogen and oxygen atoms in total. The van der Waals surface area contributed by atoms with Crippen molar-refractivity contribution in [2.45, 2.75) is 19.9 Å². The molecule has 28 heavy (non-hydrogen) atoms. The highest BCUT2D eigenvalue weighted by atomic mass is 35.5. The van der Waals surface area contributed by atoms with Crippen LogP contribution in [0.1, 0.15) is 27.1 Å². The van der Waals surface area contributed by atoms with E-state index in [0.717, 1.165) is 15.4 Å². The van der Waals surface area contributed by atoms with E-state index >= 15 is 0 Å². The van der Waals surface area contributed by atoms with Crippen LogP contribution in [0.15, 0.2) is 47.4 Å². The lowest BCUT2D eigenvalue weighted by Crippen LogP contribution is -2.29. The standard InChI is InChI=1S/C20H15ClN2O3S2/c1-10-11(2)28-20(22-10)23-16(14-4-3-9-27-14)15(18(25)19(23)26)17(24)12-5-7-13(21)8-6-12/h3-9,16,24H,1-2H3/t16-/m1/s1.